The number of ether oxygens (including phenoxy) is 1. The minimum Gasteiger partial charge on any atom is -0.475 e. The van der Waals surface area contributed by atoms with Crippen LogP contribution in [0.2, 0.25) is 5.15 Å². The van der Waals surface area contributed by atoms with Crippen molar-refractivity contribution in [1.29, 1.82) is 0 Å². The lowest BCUT2D eigenvalue weighted by Gasteiger charge is -2.30. The molecule has 0 fully saturated rings. The minimum atomic E-state index is 0.378. The Bertz CT molecular complexity index is 319. The molecule has 0 aromatic carbocycles. The van der Waals surface area contributed by atoms with Crippen LogP contribution in [0, 0.1) is 0 Å². The second kappa shape index (κ2) is 6.77. The molecule has 5 heteroatoms. The van der Waals surface area contributed by atoms with E-state index < -0.39 is 0 Å². The van der Waals surface area contributed by atoms with E-state index in [1.807, 2.05) is 0 Å². The second-order valence-electron chi connectivity index (χ2n) is 4.47. The fourth-order valence-corrected chi connectivity index (χ4v) is 1.85. The maximum atomic E-state index is 5.64. The number of hydrogen-bond donors (Lipinski definition) is 0. The molecule has 0 atom stereocenters. The Morgan fingerprint density at radius 3 is 2.29 bits per heavy atom. The molecule has 1 heterocycles. The molecule has 0 N–H and O–H groups in total. The summed E-state index contributed by atoms with van der Waals surface area (Å²) < 4.78 is 5.52. The molecular weight excluding hydrogens is 238 g/mol. The Balaban J connectivity index is 2.38. The SMILES string of the molecule is CC(C)N(CCOc1ccc(Cl)nn1)C(C)C. The average Bonchev–Trinajstić information content (AvgIpc) is 2.25. The second-order valence-corrected chi connectivity index (χ2v) is 4.86. The van der Waals surface area contributed by atoms with E-state index in [0.717, 1.165) is 6.54 Å². The van der Waals surface area contributed by atoms with Gasteiger partial charge in [-0.3, -0.25) is 4.90 Å². The van der Waals surface area contributed by atoms with Gasteiger partial charge in [0.2, 0.25) is 5.88 Å². The molecule has 0 aliphatic heterocycles. The van der Waals surface area contributed by atoms with E-state index >= 15 is 0 Å². The van der Waals surface area contributed by atoms with Crippen LogP contribution in [0.3, 0.4) is 0 Å². The number of rotatable bonds is 6. The normalized spacial score (nSPS) is 11.5. The van der Waals surface area contributed by atoms with Gasteiger partial charge in [-0.05, 0) is 33.8 Å². The van der Waals surface area contributed by atoms with Crippen molar-refractivity contribution < 1.29 is 4.74 Å². The van der Waals surface area contributed by atoms with Crippen LogP contribution in [0.5, 0.6) is 5.88 Å². The van der Waals surface area contributed by atoms with Gasteiger partial charge in [0.05, 0.1) is 0 Å². The van der Waals surface area contributed by atoms with E-state index in [9.17, 15) is 0 Å². The van der Waals surface area contributed by atoms with E-state index in [4.69, 9.17) is 16.3 Å². The summed E-state index contributed by atoms with van der Waals surface area (Å²) >= 11 is 5.64. The molecule has 1 aromatic heterocycles. The maximum Gasteiger partial charge on any atom is 0.233 e. The van der Waals surface area contributed by atoms with Gasteiger partial charge < -0.3 is 4.74 Å². The van der Waals surface area contributed by atoms with Crippen LogP contribution in [-0.4, -0.2) is 40.3 Å². The maximum absolute atomic E-state index is 5.64. The molecule has 1 rings (SSSR count). The fraction of sp³-hybridized carbons (Fsp3) is 0.667. The highest BCUT2D eigenvalue weighted by molar-refractivity contribution is 6.29. The lowest BCUT2D eigenvalue weighted by molar-refractivity contribution is 0.139. The third kappa shape index (κ3) is 4.88. The monoisotopic (exact) mass is 257 g/mol. The smallest absolute Gasteiger partial charge is 0.233 e. The summed E-state index contributed by atoms with van der Waals surface area (Å²) in [6, 6.07) is 4.42. The van der Waals surface area contributed by atoms with Crippen molar-refractivity contribution in [1.82, 2.24) is 15.1 Å². The highest BCUT2D eigenvalue weighted by Crippen LogP contribution is 2.09. The zero-order valence-corrected chi connectivity index (χ0v) is 11.6. The molecule has 0 bridgehead atoms. The summed E-state index contributed by atoms with van der Waals surface area (Å²) in [5.74, 6) is 0.516. The summed E-state index contributed by atoms with van der Waals surface area (Å²) in [4.78, 5) is 2.36. The van der Waals surface area contributed by atoms with Crippen LogP contribution in [-0.2, 0) is 0 Å². The Hall–Kier alpha value is -0.870. The fourth-order valence-electron chi connectivity index (χ4n) is 1.75. The summed E-state index contributed by atoms with van der Waals surface area (Å²) in [6.07, 6.45) is 0. The Morgan fingerprint density at radius 2 is 1.82 bits per heavy atom. The third-order valence-electron chi connectivity index (χ3n) is 2.53. The van der Waals surface area contributed by atoms with Crippen molar-refractivity contribution in [3.05, 3.63) is 17.3 Å². The molecule has 0 aliphatic rings. The topological polar surface area (TPSA) is 38.2 Å². The van der Waals surface area contributed by atoms with E-state index in [1.54, 1.807) is 12.1 Å². The number of aromatic nitrogens is 2. The summed E-state index contributed by atoms with van der Waals surface area (Å²) in [6.45, 7) is 10.2. The summed E-state index contributed by atoms with van der Waals surface area (Å²) in [7, 11) is 0. The summed E-state index contributed by atoms with van der Waals surface area (Å²) in [5, 5.41) is 7.94. The van der Waals surface area contributed by atoms with Crippen LogP contribution in [0.15, 0.2) is 12.1 Å². The molecule has 4 nitrogen and oxygen atoms in total. The lowest BCUT2D eigenvalue weighted by atomic mass is 10.2. The quantitative estimate of drug-likeness (QED) is 0.785. The number of hydrogen-bond acceptors (Lipinski definition) is 4. The van der Waals surface area contributed by atoms with Gasteiger partial charge in [-0.15, -0.1) is 10.2 Å². The van der Waals surface area contributed by atoms with E-state index in [-0.39, 0.29) is 0 Å². The van der Waals surface area contributed by atoms with E-state index in [0.29, 0.717) is 29.7 Å². The first-order chi connectivity index (χ1) is 8.00. The van der Waals surface area contributed by atoms with Crippen LogP contribution in [0.1, 0.15) is 27.7 Å². The van der Waals surface area contributed by atoms with Gasteiger partial charge in [0.1, 0.15) is 6.61 Å². The van der Waals surface area contributed by atoms with Gasteiger partial charge in [-0.25, -0.2) is 0 Å². The van der Waals surface area contributed by atoms with E-state index in [1.165, 1.54) is 0 Å². The lowest BCUT2D eigenvalue weighted by Crippen LogP contribution is -2.39. The van der Waals surface area contributed by atoms with Gasteiger partial charge in [-0.1, -0.05) is 11.6 Å². The molecule has 0 saturated carbocycles. The molecule has 0 aliphatic carbocycles. The first-order valence-corrected chi connectivity index (χ1v) is 6.26. The first-order valence-electron chi connectivity index (χ1n) is 5.88. The molecule has 96 valence electrons. The molecule has 17 heavy (non-hydrogen) atoms. The minimum absolute atomic E-state index is 0.378. The molecule has 0 spiro atoms. The van der Waals surface area contributed by atoms with Crippen molar-refractivity contribution >= 4 is 11.6 Å². The highest BCUT2D eigenvalue weighted by Gasteiger charge is 2.12. The van der Waals surface area contributed by atoms with Gasteiger partial charge >= 0.3 is 0 Å². The highest BCUT2D eigenvalue weighted by atomic mass is 35.5. The summed E-state index contributed by atoms with van der Waals surface area (Å²) in [5.41, 5.74) is 0. The van der Waals surface area contributed by atoms with Crippen molar-refractivity contribution in [2.45, 2.75) is 39.8 Å². The molecule has 0 radical (unpaired) electrons. The molecule has 1 aromatic rings. The van der Waals surface area contributed by atoms with Crippen molar-refractivity contribution in [2.24, 2.45) is 0 Å². The number of halogens is 1. The van der Waals surface area contributed by atoms with Crippen LogP contribution in [0.4, 0.5) is 0 Å². The van der Waals surface area contributed by atoms with Gasteiger partial charge in [0.15, 0.2) is 5.15 Å². The van der Waals surface area contributed by atoms with Crippen LogP contribution >= 0.6 is 11.6 Å². The number of nitrogens with zero attached hydrogens (tertiary/aromatic N) is 3. The van der Waals surface area contributed by atoms with Gasteiger partial charge in [0, 0.05) is 24.7 Å². The average molecular weight is 258 g/mol. The first kappa shape index (κ1) is 14.2. The molecule has 0 unspecified atom stereocenters. The van der Waals surface area contributed by atoms with Crippen molar-refractivity contribution in [3.8, 4) is 5.88 Å². The predicted octanol–water partition coefficient (Wildman–Crippen LogP) is 2.63. The van der Waals surface area contributed by atoms with Crippen LogP contribution in [0.25, 0.3) is 0 Å². The zero-order chi connectivity index (χ0) is 12.8. The Labute approximate surface area is 108 Å². The largest absolute Gasteiger partial charge is 0.475 e. The molecule has 0 saturated heterocycles. The molecular formula is C12H20ClN3O. The Kier molecular flexibility index (Phi) is 5.65. The third-order valence-corrected chi connectivity index (χ3v) is 2.74. The van der Waals surface area contributed by atoms with Gasteiger partial charge in [-0.2, -0.15) is 0 Å². The van der Waals surface area contributed by atoms with Gasteiger partial charge in [0.25, 0.3) is 0 Å². The Morgan fingerprint density at radius 1 is 1.18 bits per heavy atom. The van der Waals surface area contributed by atoms with Crippen LogP contribution < -0.4 is 4.74 Å². The van der Waals surface area contributed by atoms with E-state index in [2.05, 4.69) is 42.8 Å². The predicted molar refractivity (Wildman–Crippen MR) is 69.5 cm³/mol. The zero-order valence-electron chi connectivity index (χ0n) is 10.9. The standard InChI is InChI=1S/C12H20ClN3O/c1-9(2)16(10(3)4)7-8-17-12-6-5-11(13)14-15-12/h5-6,9-10H,7-8H2,1-4H3. The molecule has 0 amide bonds. The van der Waals surface area contributed by atoms with Crippen molar-refractivity contribution in [3.63, 3.8) is 0 Å². The van der Waals surface area contributed by atoms with Crippen molar-refractivity contribution in [2.75, 3.05) is 13.2 Å².